The van der Waals surface area contributed by atoms with Crippen LogP contribution in [-0.2, 0) is 12.1 Å². The third kappa shape index (κ3) is 3.54. The second-order valence-electron chi connectivity index (χ2n) is 10.3. The van der Waals surface area contributed by atoms with Crippen LogP contribution < -0.4 is 5.32 Å². The molecule has 2 saturated heterocycles. The van der Waals surface area contributed by atoms with Crippen molar-refractivity contribution < 1.29 is 9.59 Å². The van der Waals surface area contributed by atoms with E-state index in [-0.39, 0.29) is 23.7 Å². The molecule has 0 radical (unpaired) electrons. The molecule has 5 heterocycles. The van der Waals surface area contributed by atoms with Crippen LogP contribution in [0, 0.1) is 0 Å². The zero-order valence-corrected chi connectivity index (χ0v) is 20.3. The summed E-state index contributed by atoms with van der Waals surface area (Å²) in [5, 5.41) is 10.3. The van der Waals surface area contributed by atoms with Crippen LogP contribution in [0.4, 0.5) is 10.6 Å². The zero-order valence-electron chi connectivity index (χ0n) is 20.3. The van der Waals surface area contributed by atoms with Gasteiger partial charge in [-0.15, -0.1) is 0 Å². The van der Waals surface area contributed by atoms with Gasteiger partial charge in [-0.3, -0.25) is 19.8 Å². The van der Waals surface area contributed by atoms with Crippen LogP contribution in [0.1, 0.15) is 55.4 Å². The van der Waals surface area contributed by atoms with E-state index >= 15 is 0 Å². The molecule has 35 heavy (non-hydrogen) atoms. The van der Waals surface area contributed by atoms with Gasteiger partial charge in [0.15, 0.2) is 5.82 Å². The minimum atomic E-state index is -0.572. The van der Waals surface area contributed by atoms with Crippen molar-refractivity contribution in [1.82, 2.24) is 34.9 Å². The van der Waals surface area contributed by atoms with Crippen molar-refractivity contribution in [2.75, 3.05) is 25.0 Å². The minimum Gasteiger partial charge on any atom is -0.319 e. The van der Waals surface area contributed by atoms with E-state index in [2.05, 4.69) is 37.3 Å². The van der Waals surface area contributed by atoms with Gasteiger partial charge < -0.3 is 15.1 Å². The molecule has 3 aliphatic heterocycles. The first-order chi connectivity index (χ1) is 16.8. The average molecular weight is 475 g/mol. The normalized spacial score (nSPS) is 23.4. The molecule has 0 unspecified atom stereocenters. The molecule has 2 atom stereocenters. The highest BCUT2D eigenvalue weighted by Crippen LogP contribution is 2.41. The molecule has 1 aromatic carbocycles. The molecular weight excluding hydrogens is 444 g/mol. The highest BCUT2D eigenvalue weighted by Gasteiger charge is 2.47. The number of carbonyl (C=O) groups is 2. The van der Waals surface area contributed by atoms with Crippen LogP contribution in [0.5, 0.6) is 0 Å². The van der Waals surface area contributed by atoms with E-state index in [1.807, 2.05) is 47.9 Å². The summed E-state index contributed by atoms with van der Waals surface area (Å²) in [6.45, 7) is 9.38. The van der Waals surface area contributed by atoms with Crippen LogP contribution in [0.25, 0.3) is 11.0 Å². The highest BCUT2D eigenvalue weighted by atomic mass is 16.2. The Morgan fingerprint density at radius 1 is 1.17 bits per heavy atom. The van der Waals surface area contributed by atoms with Gasteiger partial charge in [0.25, 0.3) is 5.91 Å². The molecule has 3 aromatic rings. The molecule has 6 rings (SSSR count). The molecule has 3 aliphatic rings. The Balaban J connectivity index is 1.22. The number of hydrogen-bond donors (Lipinski definition) is 2. The maximum atomic E-state index is 13.8. The number of para-hydroxylation sites is 2. The minimum absolute atomic E-state index is 0.0383. The first-order valence-corrected chi connectivity index (χ1v) is 12.3. The number of fused-ring (bicyclic) bond motifs is 3. The number of benzene rings is 1. The average Bonchev–Trinajstić information content (AvgIpc) is 3.53. The number of aromatic nitrogens is 4. The van der Waals surface area contributed by atoms with Crippen LogP contribution in [-0.4, -0.2) is 78.5 Å². The fourth-order valence-electron chi connectivity index (χ4n) is 5.77. The number of aromatic amines is 1. The molecule has 3 amide bonds. The number of nitrogens with zero attached hydrogens (tertiary/aromatic N) is 6. The van der Waals surface area contributed by atoms with Gasteiger partial charge in [-0.2, -0.15) is 5.10 Å². The van der Waals surface area contributed by atoms with E-state index in [0.717, 1.165) is 42.8 Å². The molecule has 2 fully saturated rings. The largest absolute Gasteiger partial charge is 0.321 e. The molecule has 2 aromatic heterocycles. The predicted molar refractivity (Wildman–Crippen MR) is 131 cm³/mol. The molecule has 0 bridgehead atoms. The number of H-pyrrole nitrogens is 1. The van der Waals surface area contributed by atoms with Gasteiger partial charge in [0.05, 0.1) is 35.0 Å². The number of nitrogens with one attached hydrogen (secondary N) is 2. The summed E-state index contributed by atoms with van der Waals surface area (Å²) in [6.07, 6.45) is 3.82. The summed E-state index contributed by atoms with van der Waals surface area (Å²) < 4.78 is 0. The zero-order chi connectivity index (χ0) is 24.3. The van der Waals surface area contributed by atoms with Crippen LogP contribution in [0.3, 0.4) is 0 Å². The van der Waals surface area contributed by atoms with Crippen LogP contribution in [0.2, 0.25) is 0 Å². The number of piperazine rings is 1. The van der Waals surface area contributed by atoms with Crippen molar-refractivity contribution in [2.24, 2.45) is 0 Å². The SMILES string of the molecule is C[C@H]1CN2CCC[C@H]2CN1C(=O)N1Cc2c(NC(=O)c3cnc4ccccc4n3)n[nH]c2C1(C)C. The molecule has 10 heteroatoms. The molecular formula is C25H30N8O2. The lowest BCUT2D eigenvalue weighted by Crippen LogP contribution is -2.60. The second-order valence-corrected chi connectivity index (χ2v) is 10.3. The van der Waals surface area contributed by atoms with Crippen molar-refractivity contribution in [2.45, 2.75) is 57.8 Å². The summed E-state index contributed by atoms with van der Waals surface area (Å²) >= 11 is 0. The number of rotatable bonds is 2. The summed E-state index contributed by atoms with van der Waals surface area (Å²) in [5.74, 6) is 0.0445. The predicted octanol–water partition coefficient (Wildman–Crippen LogP) is 2.94. The topological polar surface area (TPSA) is 110 Å². The van der Waals surface area contributed by atoms with E-state index in [1.165, 1.54) is 12.6 Å². The number of anilines is 1. The van der Waals surface area contributed by atoms with Gasteiger partial charge in [-0.1, -0.05) is 12.1 Å². The first kappa shape index (κ1) is 22.0. The van der Waals surface area contributed by atoms with Crippen molar-refractivity contribution in [3.05, 3.63) is 47.4 Å². The number of hydrogen-bond acceptors (Lipinski definition) is 6. The van der Waals surface area contributed by atoms with Crippen molar-refractivity contribution >= 4 is 28.8 Å². The third-order valence-corrected chi connectivity index (χ3v) is 7.80. The van der Waals surface area contributed by atoms with Gasteiger partial charge in [0, 0.05) is 30.7 Å². The Bertz CT molecular complexity index is 1320. The summed E-state index contributed by atoms with van der Waals surface area (Å²) in [5.41, 5.74) is 2.71. The second kappa shape index (κ2) is 8.01. The monoisotopic (exact) mass is 474 g/mol. The van der Waals surface area contributed by atoms with Crippen molar-refractivity contribution in [3.63, 3.8) is 0 Å². The summed E-state index contributed by atoms with van der Waals surface area (Å²) in [4.78, 5) is 41.9. The number of amides is 3. The van der Waals surface area contributed by atoms with E-state index in [0.29, 0.717) is 23.9 Å². The molecule has 0 aliphatic carbocycles. The Hall–Kier alpha value is -3.53. The molecule has 10 nitrogen and oxygen atoms in total. The fourth-order valence-corrected chi connectivity index (χ4v) is 5.77. The molecule has 182 valence electrons. The van der Waals surface area contributed by atoms with E-state index in [1.54, 1.807) is 0 Å². The first-order valence-electron chi connectivity index (χ1n) is 12.3. The number of urea groups is 1. The molecule has 2 N–H and O–H groups in total. The quantitative estimate of drug-likeness (QED) is 0.591. The van der Waals surface area contributed by atoms with Crippen LogP contribution in [0.15, 0.2) is 30.5 Å². The molecule has 0 spiro atoms. The van der Waals surface area contributed by atoms with Gasteiger partial charge >= 0.3 is 6.03 Å². The summed E-state index contributed by atoms with van der Waals surface area (Å²) in [6, 6.07) is 8.08. The fraction of sp³-hybridized carbons (Fsp3) is 0.480. The van der Waals surface area contributed by atoms with Gasteiger partial charge in [-0.25, -0.2) is 9.78 Å². The van der Waals surface area contributed by atoms with E-state index in [9.17, 15) is 9.59 Å². The lowest BCUT2D eigenvalue weighted by molar-refractivity contribution is 0.0454. The number of carbonyl (C=O) groups excluding carboxylic acids is 2. The maximum Gasteiger partial charge on any atom is 0.321 e. The standard InChI is InChI=1S/C25H30N8O2/c1-15-12-31-10-6-7-16(31)13-32(15)24(35)33-14-17-21(25(33,2)3)29-30-22(17)28-23(34)20-11-26-18-8-4-5-9-19(18)27-20/h4-5,8-9,11,15-16H,6-7,10,12-14H2,1-3H3,(H2,28,29,30,34)/t15-,16-/m0/s1. The Kier molecular flexibility index (Phi) is 5.03. The Labute approximate surface area is 203 Å². The Morgan fingerprint density at radius 3 is 2.80 bits per heavy atom. The van der Waals surface area contributed by atoms with Gasteiger partial charge in [-0.05, 0) is 52.3 Å². The molecule has 0 saturated carbocycles. The lowest BCUT2D eigenvalue weighted by Gasteiger charge is -2.45. The highest BCUT2D eigenvalue weighted by molar-refractivity contribution is 6.03. The lowest BCUT2D eigenvalue weighted by atomic mass is 10.0. The van der Waals surface area contributed by atoms with Crippen LogP contribution >= 0.6 is 0 Å². The Morgan fingerprint density at radius 2 is 1.97 bits per heavy atom. The van der Waals surface area contributed by atoms with E-state index in [4.69, 9.17) is 0 Å². The van der Waals surface area contributed by atoms with Crippen molar-refractivity contribution in [3.8, 4) is 0 Å². The van der Waals surface area contributed by atoms with Gasteiger partial charge in [0.1, 0.15) is 5.69 Å². The van der Waals surface area contributed by atoms with E-state index < -0.39 is 5.54 Å². The summed E-state index contributed by atoms with van der Waals surface area (Å²) in [7, 11) is 0. The van der Waals surface area contributed by atoms with Gasteiger partial charge in [0.2, 0.25) is 0 Å². The third-order valence-electron chi connectivity index (χ3n) is 7.80. The van der Waals surface area contributed by atoms with Crippen molar-refractivity contribution in [1.29, 1.82) is 0 Å². The smallest absolute Gasteiger partial charge is 0.319 e. The maximum absolute atomic E-state index is 13.8.